The molecule has 272 valence electrons. The Bertz CT molecular complexity index is 2050. The molecular weight excluding hydrogens is 688 g/mol. The Morgan fingerprint density at radius 3 is 2.43 bits per heavy atom. The third-order valence-electron chi connectivity index (χ3n) is 8.20. The van der Waals surface area contributed by atoms with Gasteiger partial charge in [-0.25, -0.2) is 22.0 Å². The summed E-state index contributed by atoms with van der Waals surface area (Å²) in [6.45, 7) is 10.4. The van der Waals surface area contributed by atoms with E-state index < -0.39 is 64.0 Å². The summed E-state index contributed by atoms with van der Waals surface area (Å²) in [7, 11) is -4.17. The van der Waals surface area contributed by atoms with E-state index in [1.807, 2.05) is 20.8 Å². The SMILES string of the molecule is CC(C)(C)OC(=O)N[C@H]1CS(=O)(=O)c2ccc(-c3nnc(C4CNCC(F)(F)C4)o3)cc2N(Cc2ccc(-c3noc(C(C)(C)C)n3)cc2)C1=O. The molecule has 2 aliphatic rings. The molecule has 2 aliphatic heterocycles. The molecule has 0 saturated carbocycles. The van der Waals surface area contributed by atoms with Crippen LogP contribution in [0.15, 0.2) is 56.3 Å². The van der Waals surface area contributed by atoms with Crippen molar-refractivity contribution in [3.05, 3.63) is 59.8 Å². The van der Waals surface area contributed by atoms with Gasteiger partial charge in [0.2, 0.25) is 23.5 Å². The molecule has 2 amide bonds. The van der Waals surface area contributed by atoms with Gasteiger partial charge in [0.05, 0.1) is 35.3 Å². The van der Waals surface area contributed by atoms with E-state index >= 15 is 0 Å². The summed E-state index contributed by atoms with van der Waals surface area (Å²) in [6.07, 6.45) is -1.43. The quantitative estimate of drug-likeness (QED) is 0.271. The number of halogens is 2. The number of alkyl halides is 2. The molecule has 2 N–H and O–H groups in total. The van der Waals surface area contributed by atoms with Gasteiger partial charge in [0.15, 0.2) is 9.84 Å². The molecule has 4 aromatic rings. The molecule has 1 saturated heterocycles. The topological polar surface area (TPSA) is 183 Å². The van der Waals surface area contributed by atoms with Crippen LogP contribution in [0.25, 0.3) is 22.8 Å². The fourth-order valence-electron chi connectivity index (χ4n) is 5.74. The van der Waals surface area contributed by atoms with Crippen molar-refractivity contribution < 1.29 is 40.5 Å². The predicted octanol–water partition coefficient (Wildman–Crippen LogP) is 5.01. The number of ether oxygens (including phenoxy) is 1. The summed E-state index contributed by atoms with van der Waals surface area (Å²) in [4.78, 5) is 32.6. The van der Waals surface area contributed by atoms with Gasteiger partial charge in [-0.3, -0.25) is 4.79 Å². The number of anilines is 1. The van der Waals surface area contributed by atoms with Crippen LogP contribution in [0.5, 0.6) is 0 Å². The molecule has 1 fully saturated rings. The normalized spacial score (nSPS) is 20.4. The molecule has 0 spiro atoms. The highest BCUT2D eigenvalue weighted by Crippen LogP contribution is 2.37. The van der Waals surface area contributed by atoms with Crippen LogP contribution in [0.1, 0.15) is 71.2 Å². The minimum absolute atomic E-state index is 0.00492. The minimum Gasteiger partial charge on any atom is -0.444 e. The molecule has 0 radical (unpaired) electrons. The van der Waals surface area contributed by atoms with E-state index in [0.29, 0.717) is 22.8 Å². The largest absolute Gasteiger partial charge is 0.444 e. The highest BCUT2D eigenvalue weighted by Gasteiger charge is 2.41. The summed E-state index contributed by atoms with van der Waals surface area (Å²) >= 11 is 0. The molecule has 4 heterocycles. The molecule has 2 aromatic heterocycles. The third-order valence-corrected chi connectivity index (χ3v) is 9.99. The summed E-state index contributed by atoms with van der Waals surface area (Å²) in [5.74, 6) is -4.30. The molecule has 17 heteroatoms. The van der Waals surface area contributed by atoms with Gasteiger partial charge in [-0.2, -0.15) is 4.98 Å². The van der Waals surface area contributed by atoms with Crippen molar-refractivity contribution in [1.29, 1.82) is 0 Å². The zero-order chi connectivity index (χ0) is 36.9. The number of alkyl carbamates (subject to hydrolysis) is 1. The highest BCUT2D eigenvalue weighted by atomic mass is 32.2. The second-order valence-electron chi connectivity index (χ2n) is 14.8. The number of hydrogen-bond acceptors (Lipinski definition) is 12. The number of hydrogen-bond donors (Lipinski definition) is 2. The number of benzene rings is 2. The molecular formula is C34H39F2N7O7S. The summed E-state index contributed by atoms with van der Waals surface area (Å²) in [6, 6.07) is 9.69. The highest BCUT2D eigenvalue weighted by molar-refractivity contribution is 7.91. The van der Waals surface area contributed by atoms with Gasteiger partial charge in [-0.1, -0.05) is 50.2 Å². The van der Waals surface area contributed by atoms with Crippen LogP contribution in [0.3, 0.4) is 0 Å². The number of piperidine rings is 1. The lowest BCUT2D eigenvalue weighted by Crippen LogP contribution is -2.51. The fraction of sp³-hybridized carbons (Fsp3) is 0.471. The van der Waals surface area contributed by atoms with Gasteiger partial charge in [0.1, 0.15) is 11.6 Å². The summed E-state index contributed by atoms with van der Waals surface area (Å²) in [5.41, 5.74) is 0.288. The zero-order valence-electron chi connectivity index (χ0n) is 29.0. The first-order chi connectivity index (χ1) is 23.8. The van der Waals surface area contributed by atoms with Crippen molar-refractivity contribution in [2.45, 2.75) is 88.3 Å². The van der Waals surface area contributed by atoms with E-state index in [2.05, 4.69) is 31.0 Å². The van der Waals surface area contributed by atoms with Gasteiger partial charge in [0, 0.05) is 29.5 Å². The van der Waals surface area contributed by atoms with Crippen LogP contribution in [0, 0.1) is 0 Å². The Labute approximate surface area is 293 Å². The van der Waals surface area contributed by atoms with Gasteiger partial charge in [0.25, 0.3) is 11.8 Å². The molecule has 14 nitrogen and oxygen atoms in total. The second kappa shape index (κ2) is 13.1. The number of carbonyl (C=O) groups excluding carboxylic acids is 2. The van der Waals surface area contributed by atoms with Crippen LogP contribution in [0.4, 0.5) is 19.3 Å². The monoisotopic (exact) mass is 727 g/mol. The lowest BCUT2D eigenvalue weighted by atomic mass is 9.97. The lowest BCUT2D eigenvalue weighted by Gasteiger charge is -2.27. The fourth-order valence-corrected chi connectivity index (χ4v) is 7.35. The maximum Gasteiger partial charge on any atom is 0.408 e. The van der Waals surface area contributed by atoms with Gasteiger partial charge < -0.3 is 29.2 Å². The van der Waals surface area contributed by atoms with Crippen molar-refractivity contribution in [2.24, 2.45) is 0 Å². The molecule has 6 rings (SSSR count). The number of nitrogens with one attached hydrogen (secondary N) is 2. The molecule has 0 bridgehead atoms. The van der Waals surface area contributed by atoms with E-state index in [4.69, 9.17) is 13.7 Å². The van der Waals surface area contributed by atoms with E-state index in [-0.39, 0.29) is 46.4 Å². The molecule has 0 aliphatic carbocycles. The van der Waals surface area contributed by atoms with E-state index in [1.54, 1.807) is 45.0 Å². The van der Waals surface area contributed by atoms with Crippen LogP contribution >= 0.6 is 0 Å². The smallest absolute Gasteiger partial charge is 0.408 e. The van der Waals surface area contributed by atoms with Crippen LogP contribution in [-0.4, -0.2) is 77.2 Å². The van der Waals surface area contributed by atoms with Gasteiger partial charge in [-0.15, -0.1) is 10.2 Å². The van der Waals surface area contributed by atoms with Crippen molar-refractivity contribution in [2.75, 3.05) is 23.7 Å². The Hall–Kier alpha value is -4.77. The first-order valence-corrected chi connectivity index (χ1v) is 18.0. The Morgan fingerprint density at radius 1 is 1.08 bits per heavy atom. The van der Waals surface area contributed by atoms with Gasteiger partial charge >= 0.3 is 6.09 Å². The van der Waals surface area contributed by atoms with Crippen molar-refractivity contribution in [1.82, 2.24) is 31.0 Å². The van der Waals surface area contributed by atoms with E-state index in [0.717, 1.165) is 0 Å². The first kappa shape index (κ1) is 36.0. The number of aromatic nitrogens is 4. The van der Waals surface area contributed by atoms with Crippen LogP contribution in [0.2, 0.25) is 0 Å². The molecule has 2 aromatic carbocycles. The number of amides is 2. The Kier molecular flexibility index (Phi) is 9.25. The van der Waals surface area contributed by atoms with Crippen molar-refractivity contribution >= 4 is 27.5 Å². The predicted molar refractivity (Wildman–Crippen MR) is 180 cm³/mol. The second-order valence-corrected chi connectivity index (χ2v) is 16.8. The van der Waals surface area contributed by atoms with E-state index in [1.165, 1.54) is 23.1 Å². The third kappa shape index (κ3) is 8.09. The average Bonchev–Trinajstić information content (AvgIpc) is 3.72. The Balaban J connectivity index is 1.36. The lowest BCUT2D eigenvalue weighted by molar-refractivity contribution is -0.120. The van der Waals surface area contributed by atoms with Crippen LogP contribution < -0.4 is 15.5 Å². The number of nitrogens with zero attached hydrogens (tertiary/aromatic N) is 5. The van der Waals surface area contributed by atoms with Crippen molar-refractivity contribution in [3.8, 4) is 22.8 Å². The minimum atomic E-state index is -4.17. The standard InChI is InChI=1S/C34H39F2N7O7S/c1-32(2,3)30-39-26(42-50-30)20-9-7-19(8-10-20)16-43-24-13-21(27-40-41-28(48-27)22-14-34(35,36)18-37-15-22)11-12-25(24)51(46,47)17-23(29(43)44)38-31(45)49-33(4,5)6/h7-13,22-23,37H,14-18H2,1-6H3,(H,38,45)/t22?,23-/m0/s1. The zero-order valence-corrected chi connectivity index (χ0v) is 29.8. The van der Waals surface area contributed by atoms with Crippen LogP contribution in [-0.2, 0) is 31.3 Å². The summed E-state index contributed by atoms with van der Waals surface area (Å²) in [5, 5.41) is 17.2. The number of sulfone groups is 1. The number of rotatable bonds is 6. The van der Waals surface area contributed by atoms with Crippen molar-refractivity contribution in [3.63, 3.8) is 0 Å². The first-order valence-electron chi connectivity index (χ1n) is 16.3. The maximum atomic E-state index is 14.2. The Morgan fingerprint density at radius 2 is 1.78 bits per heavy atom. The number of carbonyl (C=O) groups is 2. The molecule has 1 unspecified atom stereocenters. The van der Waals surface area contributed by atoms with E-state index in [9.17, 15) is 26.8 Å². The maximum absolute atomic E-state index is 14.2. The average molecular weight is 728 g/mol. The van der Waals surface area contributed by atoms with Gasteiger partial charge in [-0.05, 0) is 44.5 Å². The molecule has 51 heavy (non-hydrogen) atoms. The molecule has 2 atom stereocenters. The summed E-state index contributed by atoms with van der Waals surface area (Å²) < 4.78 is 72.3. The number of fused-ring (bicyclic) bond motifs is 1.